The van der Waals surface area contributed by atoms with Gasteiger partial charge in [0.25, 0.3) is 0 Å². The first-order valence-corrected chi connectivity index (χ1v) is 6.33. The van der Waals surface area contributed by atoms with Crippen LogP contribution in [0.25, 0.3) is 0 Å². The lowest BCUT2D eigenvalue weighted by molar-refractivity contribution is -0.143. The van der Waals surface area contributed by atoms with Crippen LogP contribution >= 0.6 is 0 Å². The minimum atomic E-state index is -0.996. The molecule has 1 aliphatic rings. The molecule has 1 aliphatic carbocycles. The largest absolute Gasteiger partial charge is 0.480 e. The summed E-state index contributed by atoms with van der Waals surface area (Å²) in [6.07, 6.45) is 2.73. The van der Waals surface area contributed by atoms with Crippen LogP contribution in [0.4, 0.5) is 0 Å². The third-order valence-corrected chi connectivity index (χ3v) is 3.46. The van der Waals surface area contributed by atoms with E-state index >= 15 is 0 Å². The Labute approximate surface area is 111 Å². The van der Waals surface area contributed by atoms with E-state index in [1.165, 1.54) is 10.5 Å². The van der Waals surface area contributed by atoms with Crippen molar-refractivity contribution in [1.29, 1.82) is 0 Å². The summed E-state index contributed by atoms with van der Waals surface area (Å²) in [5, 5.41) is 17.9. The molecule has 0 unspecified atom stereocenters. The van der Waals surface area contributed by atoms with Crippen molar-refractivity contribution in [3.63, 3.8) is 0 Å². The topological polar surface area (TPSA) is 77.8 Å². The van der Waals surface area contributed by atoms with Crippen LogP contribution < -0.4 is 0 Å². The second-order valence-electron chi connectivity index (χ2n) is 4.80. The molecule has 1 aromatic carbocycles. The Kier molecular flexibility index (Phi) is 4.16. The molecular formula is C14H17NO4. The zero-order chi connectivity index (χ0) is 13.8. The highest BCUT2D eigenvalue weighted by atomic mass is 16.4. The van der Waals surface area contributed by atoms with E-state index in [0.717, 1.165) is 24.8 Å². The lowest BCUT2D eigenvalue weighted by Gasteiger charge is -2.33. The van der Waals surface area contributed by atoms with Gasteiger partial charge in [0, 0.05) is 6.04 Å². The molecule has 0 bridgehead atoms. The molecule has 0 heterocycles. The molecule has 0 aliphatic heterocycles. The van der Waals surface area contributed by atoms with Gasteiger partial charge in [-0.3, -0.25) is 14.5 Å². The summed E-state index contributed by atoms with van der Waals surface area (Å²) >= 11 is 0. The molecule has 5 nitrogen and oxygen atoms in total. The molecule has 0 fully saturated rings. The van der Waals surface area contributed by atoms with Crippen molar-refractivity contribution in [3.8, 4) is 0 Å². The average molecular weight is 263 g/mol. The first-order valence-electron chi connectivity index (χ1n) is 6.33. The van der Waals surface area contributed by atoms with Gasteiger partial charge in [-0.1, -0.05) is 24.3 Å². The van der Waals surface area contributed by atoms with Crippen molar-refractivity contribution in [1.82, 2.24) is 4.90 Å². The quantitative estimate of drug-likeness (QED) is 0.842. The molecule has 19 heavy (non-hydrogen) atoms. The maximum atomic E-state index is 10.9. The third-order valence-electron chi connectivity index (χ3n) is 3.46. The highest BCUT2D eigenvalue weighted by Crippen LogP contribution is 2.33. The summed E-state index contributed by atoms with van der Waals surface area (Å²) in [4.78, 5) is 23.4. The van der Waals surface area contributed by atoms with Crippen LogP contribution in [0.2, 0.25) is 0 Å². The molecular weight excluding hydrogens is 246 g/mol. The van der Waals surface area contributed by atoms with Crippen LogP contribution in [0.5, 0.6) is 0 Å². The van der Waals surface area contributed by atoms with Gasteiger partial charge in [0.1, 0.15) is 0 Å². The summed E-state index contributed by atoms with van der Waals surface area (Å²) < 4.78 is 0. The van der Waals surface area contributed by atoms with E-state index in [2.05, 4.69) is 0 Å². The van der Waals surface area contributed by atoms with Crippen molar-refractivity contribution in [2.45, 2.75) is 25.3 Å². The Bertz CT molecular complexity index is 470. The maximum Gasteiger partial charge on any atom is 0.317 e. The minimum Gasteiger partial charge on any atom is -0.480 e. The summed E-state index contributed by atoms with van der Waals surface area (Å²) in [6, 6.07) is 7.76. The molecule has 0 saturated carbocycles. The van der Waals surface area contributed by atoms with Gasteiger partial charge in [0.2, 0.25) is 0 Å². The summed E-state index contributed by atoms with van der Waals surface area (Å²) in [5.41, 5.74) is 2.26. The zero-order valence-corrected chi connectivity index (χ0v) is 10.6. The number of hydrogen-bond donors (Lipinski definition) is 2. The van der Waals surface area contributed by atoms with E-state index in [1.807, 2.05) is 24.3 Å². The number of benzene rings is 1. The summed E-state index contributed by atoms with van der Waals surface area (Å²) in [6.45, 7) is -0.489. The van der Waals surface area contributed by atoms with Gasteiger partial charge in [0.05, 0.1) is 13.1 Å². The van der Waals surface area contributed by atoms with E-state index < -0.39 is 11.9 Å². The van der Waals surface area contributed by atoms with Crippen LogP contribution in [-0.2, 0) is 16.0 Å². The predicted molar refractivity (Wildman–Crippen MR) is 69.0 cm³/mol. The number of hydrogen-bond acceptors (Lipinski definition) is 3. The SMILES string of the molecule is O=C(O)CN(CC(=O)O)[C@H]1CCCc2ccccc21. The van der Waals surface area contributed by atoms with Gasteiger partial charge in [0.15, 0.2) is 0 Å². The lowest BCUT2D eigenvalue weighted by atomic mass is 9.87. The fourth-order valence-corrected chi connectivity index (χ4v) is 2.73. The summed E-state index contributed by atoms with van der Waals surface area (Å²) in [7, 11) is 0. The first-order chi connectivity index (χ1) is 9.08. The highest BCUT2D eigenvalue weighted by Gasteiger charge is 2.28. The van der Waals surface area contributed by atoms with Crippen LogP contribution in [0, 0.1) is 0 Å². The van der Waals surface area contributed by atoms with E-state index in [0.29, 0.717) is 0 Å². The highest BCUT2D eigenvalue weighted by molar-refractivity contribution is 5.72. The van der Waals surface area contributed by atoms with Crippen LogP contribution in [0.1, 0.15) is 30.0 Å². The lowest BCUT2D eigenvalue weighted by Crippen LogP contribution is -2.39. The zero-order valence-electron chi connectivity index (χ0n) is 10.6. The van der Waals surface area contributed by atoms with E-state index in [9.17, 15) is 9.59 Å². The number of aliphatic carboxylic acids is 2. The van der Waals surface area contributed by atoms with Crippen molar-refractivity contribution >= 4 is 11.9 Å². The second-order valence-corrected chi connectivity index (χ2v) is 4.80. The van der Waals surface area contributed by atoms with Gasteiger partial charge in [-0.05, 0) is 30.4 Å². The standard InChI is InChI=1S/C14H17NO4/c16-13(17)8-15(9-14(18)19)12-7-3-5-10-4-1-2-6-11(10)12/h1-2,4,6,12H,3,5,7-9H2,(H,16,17)(H,18,19)/t12-/m0/s1. The molecule has 0 spiro atoms. The van der Waals surface area contributed by atoms with Crippen molar-refractivity contribution < 1.29 is 19.8 Å². The predicted octanol–water partition coefficient (Wildman–Crippen LogP) is 1.54. The molecule has 5 heteroatoms. The van der Waals surface area contributed by atoms with Crippen molar-refractivity contribution in [2.75, 3.05) is 13.1 Å². The van der Waals surface area contributed by atoms with Gasteiger partial charge >= 0.3 is 11.9 Å². The minimum absolute atomic E-state index is 0.114. The Morgan fingerprint density at radius 1 is 1.16 bits per heavy atom. The number of rotatable bonds is 5. The fourth-order valence-electron chi connectivity index (χ4n) is 2.73. The normalized spacial score (nSPS) is 18.1. The second kappa shape index (κ2) is 5.84. The monoisotopic (exact) mass is 263 g/mol. The maximum absolute atomic E-state index is 10.9. The Morgan fingerprint density at radius 2 is 1.79 bits per heavy atom. The summed E-state index contributed by atoms with van der Waals surface area (Å²) in [5.74, 6) is -1.99. The number of fused-ring (bicyclic) bond motifs is 1. The van der Waals surface area contributed by atoms with Crippen LogP contribution in [0.3, 0.4) is 0 Å². The van der Waals surface area contributed by atoms with E-state index in [-0.39, 0.29) is 19.1 Å². The van der Waals surface area contributed by atoms with E-state index in [4.69, 9.17) is 10.2 Å². The van der Waals surface area contributed by atoms with Gasteiger partial charge in [-0.25, -0.2) is 0 Å². The molecule has 0 radical (unpaired) electrons. The first kappa shape index (κ1) is 13.5. The van der Waals surface area contributed by atoms with Crippen LogP contribution in [0.15, 0.2) is 24.3 Å². The Hall–Kier alpha value is -1.88. The number of carboxylic acids is 2. The molecule has 1 aromatic rings. The molecule has 102 valence electrons. The number of carboxylic acid groups (broad SMARTS) is 2. The Balaban J connectivity index is 2.26. The fraction of sp³-hybridized carbons (Fsp3) is 0.429. The molecule has 2 rings (SSSR count). The van der Waals surface area contributed by atoms with Crippen LogP contribution in [-0.4, -0.2) is 40.1 Å². The van der Waals surface area contributed by atoms with E-state index in [1.54, 1.807) is 0 Å². The molecule has 2 N–H and O–H groups in total. The van der Waals surface area contributed by atoms with Gasteiger partial charge in [-0.2, -0.15) is 0 Å². The average Bonchev–Trinajstić information content (AvgIpc) is 2.36. The Morgan fingerprint density at radius 3 is 2.42 bits per heavy atom. The molecule has 0 saturated heterocycles. The van der Waals surface area contributed by atoms with Gasteiger partial charge < -0.3 is 10.2 Å². The smallest absolute Gasteiger partial charge is 0.317 e. The van der Waals surface area contributed by atoms with Crippen molar-refractivity contribution in [2.24, 2.45) is 0 Å². The third kappa shape index (κ3) is 3.32. The molecule has 1 atom stereocenters. The molecule has 0 aromatic heterocycles. The number of aryl methyl sites for hydroxylation is 1. The number of nitrogens with zero attached hydrogens (tertiary/aromatic N) is 1. The number of carbonyl (C=O) groups is 2. The molecule has 0 amide bonds. The van der Waals surface area contributed by atoms with Gasteiger partial charge in [-0.15, -0.1) is 0 Å². The van der Waals surface area contributed by atoms with Crippen molar-refractivity contribution in [3.05, 3.63) is 35.4 Å².